The number of hydrogen-bond donors (Lipinski definition) is 1. The Balaban J connectivity index is 2.37. The van der Waals surface area contributed by atoms with Crippen LogP contribution in [0.1, 0.15) is 24.0 Å². The summed E-state index contributed by atoms with van der Waals surface area (Å²) in [5.41, 5.74) is 4.59. The summed E-state index contributed by atoms with van der Waals surface area (Å²) in [7, 11) is 0. The Labute approximate surface area is 90.3 Å². The van der Waals surface area contributed by atoms with Crippen LogP contribution in [-0.2, 0) is 11.6 Å². The highest BCUT2D eigenvalue weighted by Gasteiger charge is 2.44. The van der Waals surface area contributed by atoms with E-state index >= 15 is 0 Å². The van der Waals surface area contributed by atoms with Crippen molar-refractivity contribution in [3.63, 3.8) is 0 Å². The molecule has 1 aliphatic rings. The summed E-state index contributed by atoms with van der Waals surface area (Å²) in [5.74, 6) is -1.22. The molecule has 1 fully saturated rings. The molecule has 0 saturated heterocycles. The minimum Gasteiger partial charge on any atom is -0.330 e. The van der Waals surface area contributed by atoms with Gasteiger partial charge in [-0.3, -0.25) is 0 Å². The van der Waals surface area contributed by atoms with Gasteiger partial charge in [0.1, 0.15) is 5.82 Å². The summed E-state index contributed by atoms with van der Waals surface area (Å²) in [6.45, 7) is 0.345. The van der Waals surface area contributed by atoms with Gasteiger partial charge < -0.3 is 5.73 Å². The number of rotatable bonds is 2. The predicted octanol–water partition coefficient (Wildman–Crippen LogP) is 2.83. The van der Waals surface area contributed by atoms with Crippen LogP contribution in [0.3, 0.4) is 0 Å². The Bertz CT molecular complexity index is 407. The van der Waals surface area contributed by atoms with Crippen LogP contribution in [0.25, 0.3) is 0 Å². The molecule has 1 nitrogen and oxygen atoms in total. The number of alkyl halides is 3. The standard InChI is InChI=1S/C11H11F4N/c12-9-5-7(10(6-16)3-4-10)1-2-8(9)11(13,14)15/h1-2,5H,3-4,6,16H2. The van der Waals surface area contributed by atoms with Gasteiger partial charge in [0.15, 0.2) is 0 Å². The highest BCUT2D eigenvalue weighted by atomic mass is 19.4. The Morgan fingerprint density at radius 2 is 1.88 bits per heavy atom. The van der Waals surface area contributed by atoms with E-state index in [2.05, 4.69) is 0 Å². The zero-order chi connectivity index (χ0) is 12.0. The van der Waals surface area contributed by atoms with Crippen molar-refractivity contribution in [3.8, 4) is 0 Å². The molecule has 0 radical (unpaired) electrons. The fourth-order valence-electron chi connectivity index (χ4n) is 1.84. The quantitative estimate of drug-likeness (QED) is 0.781. The molecular weight excluding hydrogens is 222 g/mol. The third-order valence-electron chi connectivity index (χ3n) is 3.13. The van der Waals surface area contributed by atoms with E-state index in [1.807, 2.05) is 0 Å². The molecule has 2 N–H and O–H groups in total. The first-order chi connectivity index (χ1) is 7.39. The van der Waals surface area contributed by atoms with Crippen molar-refractivity contribution >= 4 is 0 Å². The number of nitrogens with two attached hydrogens (primary N) is 1. The third kappa shape index (κ3) is 1.80. The van der Waals surface area contributed by atoms with E-state index in [1.165, 1.54) is 6.07 Å². The van der Waals surface area contributed by atoms with E-state index in [0.717, 1.165) is 25.0 Å². The van der Waals surface area contributed by atoms with Gasteiger partial charge in [0.05, 0.1) is 5.56 Å². The summed E-state index contributed by atoms with van der Waals surface area (Å²) >= 11 is 0. The van der Waals surface area contributed by atoms with Crippen molar-refractivity contribution in [2.24, 2.45) is 5.73 Å². The highest BCUT2D eigenvalue weighted by Crippen LogP contribution is 2.48. The summed E-state index contributed by atoms with van der Waals surface area (Å²) < 4.78 is 50.2. The van der Waals surface area contributed by atoms with E-state index in [1.54, 1.807) is 0 Å². The number of benzene rings is 1. The van der Waals surface area contributed by atoms with Crippen molar-refractivity contribution in [2.75, 3.05) is 6.54 Å². The lowest BCUT2D eigenvalue weighted by Gasteiger charge is -2.15. The Hall–Kier alpha value is -1.10. The van der Waals surface area contributed by atoms with Crippen LogP contribution in [0.2, 0.25) is 0 Å². The molecule has 5 heteroatoms. The zero-order valence-corrected chi connectivity index (χ0v) is 8.44. The Kier molecular flexibility index (Phi) is 2.45. The second-order valence-electron chi connectivity index (χ2n) is 4.18. The summed E-state index contributed by atoms with van der Waals surface area (Å²) in [5, 5.41) is 0. The van der Waals surface area contributed by atoms with Gasteiger partial charge in [-0.25, -0.2) is 4.39 Å². The van der Waals surface area contributed by atoms with Gasteiger partial charge in [0.2, 0.25) is 0 Å². The molecule has 2 rings (SSSR count). The third-order valence-corrected chi connectivity index (χ3v) is 3.13. The van der Waals surface area contributed by atoms with E-state index in [0.29, 0.717) is 12.1 Å². The zero-order valence-electron chi connectivity index (χ0n) is 8.44. The molecule has 1 aromatic rings. The molecule has 1 aromatic carbocycles. The van der Waals surface area contributed by atoms with Crippen LogP contribution < -0.4 is 5.73 Å². The van der Waals surface area contributed by atoms with Crippen LogP contribution in [0.15, 0.2) is 18.2 Å². The topological polar surface area (TPSA) is 26.0 Å². The van der Waals surface area contributed by atoms with E-state index < -0.39 is 17.6 Å². The van der Waals surface area contributed by atoms with Gasteiger partial charge in [0.25, 0.3) is 0 Å². The maximum atomic E-state index is 13.3. The molecular formula is C11H11F4N. The Morgan fingerprint density at radius 1 is 1.25 bits per heavy atom. The summed E-state index contributed by atoms with van der Waals surface area (Å²) in [6, 6.07) is 3.08. The van der Waals surface area contributed by atoms with Crippen molar-refractivity contribution in [1.82, 2.24) is 0 Å². The maximum absolute atomic E-state index is 13.3. The normalized spacial score (nSPS) is 18.6. The van der Waals surface area contributed by atoms with Crippen LogP contribution in [0, 0.1) is 5.82 Å². The van der Waals surface area contributed by atoms with Crippen molar-refractivity contribution < 1.29 is 17.6 Å². The molecule has 88 valence electrons. The predicted molar refractivity (Wildman–Crippen MR) is 51.4 cm³/mol. The van der Waals surface area contributed by atoms with Crippen LogP contribution >= 0.6 is 0 Å². The largest absolute Gasteiger partial charge is 0.419 e. The highest BCUT2D eigenvalue weighted by molar-refractivity contribution is 5.36. The molecule has 1 aliphatic carbocycles. The van der Waals surface area contributed by atoms with Crippen LogP contribution in [0.5, 0.6) is 0 Å². The van der Waals surface area contributed by atoms with Crippen molar-refractivity contribution in [2.45, 2.75) is 24.4 Å². The second-order valence-corrected chi connectivity index (χ2v) is 4.18. The molecule has 0 bridgehead atoms. The summed E-state index contributed by atoms with van der Waals surface area (Å²) in [4.78, 5) is 0. The smallest absolute Gasteiger partial charge is 0.330 e. The van der Waals surface area contributed by atoms with Gasteiger partial charge in [0, 0.05) is 12.0 Å². The molecule has 0 atom stereocenters. The molecule has 0 unspecified atom stereocenters. The molecule has 16 heavy (non-hydrogen) atoms. The second kappa shape index (κ2) is 3.45. The molecule has 0 aliphatic heterocycles. The van der Waals surface area contributed by atoms with Gasteiger partial charge in [-0.2, -0.15) is 13.2 Å². The fourth-order valence-corrected chi connectivity index (χ4v) is 1.84. The average Bonchev–Trinajstić information content (AvgIpc) is 2.96. The molecule has 0 aromatic heterocycles. The van der Waals surface area contributed by atoms with Gasteiger partial charge in [-0.1, -0.05) is 6.07 Å². The first-order valence-corrected chi connectivity index (χ1v) is 4.96. The molecule has 0 heterocycles. The first kappa shape index (κ1) is 11.4. The average molecular weight is 233 g/mol. The van der Waals surface area contributed by atoms with Crippen LogP contribution in [0.4, 0.5) is 17.6 Å². The lowest BCUT2D eigenvalue weighted by Crippen LogP contribution is -2.20. The van der Waals surface area contributed by atoms with Crippen molar-refractivity contribution in [3.05, 3.63) is 35.1 Å². The fraction of sp³-hybridized carbons (Fsp3) is 0.455. The molecule has 1 saturated carbocycles. The number of hydrogen-bond acceptors (Lipinski definition) is 1. The first-order valence-electron chi connectivity index (χ1n) is 4.96. The molecule has 0 amide bonds. The summed E-state index contributed by atoms with van der Waals surface area (Å²) in [6.07, 6.45) is -3.01. The van der Waals surface area contributed by atoms with E-state index in [9.17, 15) is 17.6 Å². The monoisotopic (exact) mass is 233 g/mol. The number of halogens is 4. The van der Waals surface area contributed by atoms with Gasteiger partial charge in [-0.05, 0) is 30.5 Å². The Morgan fingerprint density at radius 3 is 2.25 bits per heavy atom. The molecule has 0 spiro atoms. The van der Waals surface area contributed by atoms with Crippen molar-refractivity contribution in [1.29, 1.82) is 0 Å². The van der Waals surface area contributed by atoms with Gasteiger partial charge >= 0.3 is 6.18 Å². The maximum Gasteiger partial charge on any atom is 0.419 e. The lowest BCUT2D eigenvalue weighted by molar-refractivity contribution is -0.140. The van der Waals surface area contributed by atoms with Gasteiger partial charge in [-0.15, -0.1) is 0 Å². The minimum absolute atomic E-state index is 0.287. The minimum atomic E-state index is -4.64. The van der Waals surface area contributed by atoms with E-state index in [-0.39, 0.29) is 5.41 Å². The van der Waals surface area contributed by atoms with Crippen LogP contribution in [-0.4, -0.2) is 6.54 Å². The SMILES string of the molecule is NCC1(c2ccc(C(F)(F)F)c(F)c2)CC1. The van der Waals surface area contributed by atoms with E-state index in [4.69, 9.17) is 5.73 Å². The lowest BCUT2D eigenvalue weighted by atomic mass is 9.95.